The number of nitrogens with one attached hydrogen (secondary N) is 2. The van der Waals surface area contributed by atoms with Gasteiger partial charge in [-0.2, -0.15) is 0 Å². The van der Waals surface area contributed by atoms with Gasteiger partial charge in [0.05, 0.1) is 5.52 Å². The van der Waals surface area contributed by atoms with E-state index in [9.17, 15) is 0 Å². The maximum Gasteiger partial charge on any atom is 0.126 e. The van der Waals surface area contributed by atoms with Crippen LogP contribution < -0.4 is 10.6 Å². The smallest absolute Gasteiger partial charge is 0.126 e. The molecule has 0 amide bonds. The molecule has 1 saturated heterocycles. The van der Waals surface area contributed by atoms with Crippen molar-refractivity contribution in [3.8, 4) is 0 Å². The van der Waals surface area contributed by atoms with E-state index in [4.69, 9.17) is 0 Å². The van der Waals surface area contributed by atoms with Gasteiger partial charge in [0.2, 0.25) is 0 Å². The maximum absolute atomic E-state index is 4.61. The lowest BCUT2D eigenvalue weighted by Gasteiger charge is -2.11. The first-order chi connectivity index (χ1) is 8.92. The van der Waals surface area contributed by atoms with Gasteiger partial charge in [-0.3, -0.25) is 0 Å². The van der Waals surface area contributed by atoms with E-state index < -0.39 is 0 Å². The summed E-state index contributed by atoms with van der Waals surface area (Å²) < 4.78 is 0. The quantitative estimate of drug-likeness (QED) is 0.864. The van der Waals surface area contributed by atoms with E-state index in [1.807, 2.05) is 12.1 Å². The summed E-state index contributed by atoms with van der Waals surface area (Å²) in [5.41, 5.74) is 1.06. The second kappa shape index (κ2) is 5.36. The van der Waals surface area contributed by atoms with Crippen molar-refractivity contribution in [3.05, 3.63) is 36.4 Å². The van der Waals surface area contributed by atoms with E-state index in [0.29, 0.717) is 6.04 Å². The minimum atomic E-state index is 0.693. The first-order valence-electron chi connectivity index (χ1n) is 6.75. The minimum absolute atomic E-state index is 0.693. The van der Waals surface area contributed by atoms with Crippen LogP contribution in [0.1, 0.15) is 19.3 Å². The number of aromatic nitrogens is 1. The number of hydrogen-bond donors (Lipinski definition) is 2. The highest BCUT2D eigenvalue weighted by atomic mass is 15.0. The van der Waals surface area contributed by atoms with Crippen LogP contribution in [0.2, 0.25) is 0 Å². The Morgan fingerprint density at radius 3 is 3.06 bits per heavy atom. The number of fused-ring (bicyclic) bond motifs is 1. The Morgan fingerprint density at radius 1 is 1.22 bits per heavy atom. The van der Waals surface area contributed by atoms with E-state index in [0.717, 1.165) is 17.9 Å². The lowest BCUT2D eigenvalue weighted by atomic mass is 10.1. The van der Waals surface area contributed by atoms with E-state index >= 15 is 0 Å². The maximum atomic E-state index is 4.61. The summed E-state index contributed by atoms with van der Waals surface area (Å²) in [6, 6.07) is 13.1. The summed E-state index contributed by atoms with van der Waals surface area (Å²) >= 11 is 0. The molecule has 0 bridgehead atoms. The molecule has 1 aromatic heterocycles. The Kier molecular flexibility index (Phi) is 3.42. The first kappa shape index (κ1) is 11.5. The molecule has 1 aliphatic rings. The molecule has 1 aromatic carbocycles. The molecular formula is C15H19N3. The zero-order valence-electron chi connectivity index (χ0n) is 10.5. The monoisotopic (exact) mass is 241 g/mol. The molecule has 1 unspecified atom stereocenters. The topological polar surface area (TPSA) is 37.0 Å². The van der Waals surface area contributed by atoms with Crippen LogP contribution in [0.15, 0.2) is 36.4 Å². The van der Waals surface area contributed by atoms with Gasteiger partial charge < -0.3 is 10.6 Å². The van der Waals surface area contributed by atoms with Gasteiger partial charge in [0.1, 0.15) is 5.82 Å². The largest absolute Gasteiger partial charge is 0.370 e. The SMILES string of the molecule is c1ccc2nc(NCCC3CCCN3)ccc2c1. The van der Waals surface area contributed by atoms with Crippen LogP contribution in [0.4, 0.5) is 5.82 Å². The Balaban J connectivity index is 1.60. The van der Waals surface area contributed by atoms with Crippen LogP contribution in [-0.4, -0.2) is 24.1 Å². The van der Waals surface area contributed by atoms with Crippen LogP contribution >= 0.6 is 0 Å². The van der Waals surface area contributed by atoms with Gasteiger partial charge in [-0.25, -0.2) is 4.98 Å². The average Bonchev–Trinajstić information content (AvgIpc) is 2.92. The van der Waals surface area contributed by atoms with Crippen LogP contribution in [0.3, 0.4) is 0 Å². The Hall–Kier alpha value is -1.61. The molecule has 0 spiro atoms. The molecule has 3 nitrogen and oxygen atoms in total. The number of nitrogens with zero attached hydrogens (tertiary/aromatic N) is 1. The predicted molar refractivity (Wildman–Crippen MR) is 75.9 cm³/mol. The van der Waals surface area contributed by atoms with Gasteiger partial charge in [0.25, 0.3) is 0 Å². The molecule has 0 saturated carbocycles. The lowest BCUT2D eigenvalue weighted by Crippen LogP contribution is -2.24. The van der Waals surface area contributed by atoms with Gasteiger partial charge in [-0.05, 0) is 44.0 Å². The van der Waals surface area contributed by atoms with E-state index in [1.165, 1.54) is 31.2 Å². The average molecular weight is 241 g/mol. The molecule has 0 aliphatic carbocycles. The molecule has 3 rings (SSSR count). The van der Waals surface area contributed by atoms with Gasteiger partial charge >= 0.3 is 0 Å². The zero-order chi connectivity index (χ0) is 12.2. The Morgan fingerprint density at radius 2 is 2.17 bits per heavy atom. The third kappa shape index (κ3) is 2.62. The van der Waals surface area contributed by atoms with Crippen molar-refractivity contribution in [3.63, 3.8) is 0 Å². The van der Waals surface area contributed by atoms with Crippen molar-refractivity contribution in [2.24, 2.45) is 0 Å². The fraction of sp³-hybridized carbons (Fsp3) is 0.400. The van der Waals surface area contributed by atoms with Gasteiger partial charge in [0, 0.05) is 18.0 Å². The van der Waals surface area contributed by atoms with Crippen molar-refractivity contribution in [1.82, 2.24) is 10.3 Å². The van der Waals surface area contributed by atoms with Crippen LogP contribution in [0.25, 0.3) is 10.9 Å². The summed E-state index contributed by atoms with van der Waals surface area (Å²) in [7, 11) is 0. The number of anilines is 1. The molecule has 18 heavy (non-hydrogen) atoms. The molecule has 2 N–H and O–H groups in total. The number of hydrogen-bond acceptors (Lipinski definition) is 3. The number of benzene rings is 1. The second-order valence-corrected chi connectivity index (χ2v) is 4.90. The molecule has 94 valence electrons. The molecule has 2 heterocycles. The van der Waals surface area contributed by atoms with Crippen LogP contribution in [0, 0.1) is 0 Å². The second-order valence-electron chi connectivity index (χ2n) is 4.90. The predicted octanol–water partition coefficient (Wildman–Crippen LogP) is 2.79. The highest BCUT2D eigenvalue weighted by molar-refractivity contribution is 5.79. The summed E-state index contributed by atoms with van der Waals surface area (Å²) in [5.74, 6) is 0.978. The molecule has 2 aromatic rings. The van der Waals surface area contributed by atoms with E-state index in [-0.39, 0.29) is 0 Å². The molecular weight excluding hydrogens is 222 g/mol. The van der Waals surface area contributed by atoms with Crippen molar-refractivity contribution in [1.29, 1.82) is 0 Å². The molecule has 0 radical (unpaired) electrons. The molecule has 3 heteroatoms. The van der Waals surface area contributed by atoms with Crippen molar-refractivity contribution in [2.75, 3.05) is 18.4 Å². The van der Waals surface area contributed by atoms with Crippen molar-refractivity contribution >= 4 is 16.7 Å². The summed E-state index contributed by atoms with van der Waals surface area (Å²) in [6.45, 7) is 2.17. The van der Waals surface area contributed by atoms with E-state index in [1.54, 1.807) is 0 Å². The van der Waals surface area contributed by atoms with Crippen molar-refractivity contribution in [2.45, 2.75) is 25.3 Å². The third-order valence-corrected chi connectivity index (χ3v) is 3.56. The van der Waals surface area contributed by atoms with Crippen LogP contribution in [-0.2, 0) is 0 Å². The third-order valence-electron chi connectivity index (χ3n) is 3.56. The van der Waals surface area contributed by atoms with Crippen molar-refractivity contribution < 1.29 is 0 Å². The van der Waals surface area contributed by atoms with Crippen LogP contribution in [0.5, 0.6) is 0 Å². The zero-order valence-corrected chi connectivity index (χ0v) is 10.5. The highest BCUT2D eigenvalue weighted by Gasteiger charge is 2.12. The summed E-state index contributed by atoms with van der Waals surface area (Å²) in [4.78, 5) is 4.61. The normalized spacial score (nSPS) is 19.2. The minimum Gasteiger partial charge on any atom is -0.370 e. The van der Waals surface area contributed by atoms with Gasteiger partial charge in [-0.15, -0.1) is 0 Å². The van der Waals surface area contributed by atoms with Gasteiger partial charge in [-0.1, -0.05) is 18.2 Å². The molecule has 1 atom stereocenters. The summed E-state index contributed by atoms with van der Waals surface area (Å²) in [6.07, 6.45) is 3.81. The number of para-hydroxylation sites is 1. The molecule has 1 aliphatic heterocycles. The number of rotatable bonds is 4. The van der Waals surface area contributed by atoms with E-state index in [2.05, 4.69) is 39.9 Å². The summed E-state index contributed by atoms with van der Waals surface area (Å²) in [5, 5.41) is 8.12. The fourth-order valence-corrected chi connectivity index (χ4v) is 2.54. The fourth-order valence-electron chi connectivity index (χ4n) is 2.54. The lowest BCUT2D eigenvalue weighted by molar-refractivity contribution is 0.574. The molecule has 1 fully saturated rings. The Labute approximate surface area is 108 Å². The number of pyridine rings is 1. The standard InChI is InChI=1S/C15H19N3/c1-2-6-14-12(4-1)7-8-15(18-14)17-11-9-13-5-3-10-16-13/h1-2,4,6-8,13,16H,3,5,9-11H2,(H,17,18). The van der Waals surface area contributed by atoms with Gasteiger partial charge in [0.15, 0.2) is 0 Å². The first-order valence-corrected chi connectivity index (χ1v) is 6.75. The highest BCUT2D eigenvalue weighted by Crippen LogP contribution is 2.15. The Bertz CT molecular complexity index is 518.